The first-order chi connectivity index (χ1) is 24.3. The molecule has 0 rings (SSSR count). The third kappa shape index (κ3) is 36.7. The molecule has 0 aromatic heterocycles. The van der Waals surface area contributed by atoms with Gasteiger partial charge in [-0.2, -0.15) is 0 Å². The number of hydrogen-bond donors (Lipinski definition) is 0. The summed E-state index contributed by atoms with van der Waals surface area (Å²) < 4.78 is 0. The molecule has 0 fully saturated rings. The summed E-state index contributed by atoms with van der Waals surface area (Å²) in [6, 6.07) is 0. The molecule has 0 heterocycles. The zero-order chi connectivity index (χ0) is 38.1. The van der Waals surface area contributed by atoms with Gasteiger partial charge in [0.05, 0.1) is 0 Å². The van der Waals surface area contributed by atoms with Gasteiger partial charge >= 0.3 is 0 Å². The Bertz CT molecular complexity index is 695. The molecule has 0 spiro atoms. The fourth-order valence-corrected chi connectivity index (χ4v) is 8.90. The lowest BCUT2D eigenvalue weighted by Gasteiger charge is -2.37. The van der Waals surface area contributed by atoms with Gasteiger partial charge in [0.2, 0.25) is 0 Å². The summed E-state index contributed by atoms with van der Waals surface area (Å²) in [4.78, 5) is 0. The minimum absolute atomic E-state index is 0.469. The first kappa shape index (κ1) is 51.0. The molecular formula is C51H104. The van der Waals surface area contributed by atoms with Gasteiger partial charge in [-0.3, -0.25) is 0 Å². The molecule has 0 bridgehead atoms. The van der Waals surface area contributed by atoms with E-state index in [2.05, 4.69) is 69.2 Å². The third-order valence-electron chi connectivity index (χ3n) is 12.9. The lowest BCUT2D eigenvalue weighted by atomic mass is 9.68. The topological polar surface area (TPSA) is 0 Å². The molecule has 0 aliphatic carbocycles. The van der Waals surface area contributed by atoms with Crippen molar-refractivity contribution in [1.82, 2.24) is 0 Å². The summed E-state index contributed by atoms with van der Waals surface area (Å²) in [6.07, 6.45) is 52.3. The third-order valence-corrected chi connectivity index (χ3v) is 12.9. The molecular weight excluding hydrogens is 613 g/mol. The van der Waals surface area contributed by atoms with Gasteiger partial charge in [-0.25, -0.2) is 0 Å². The fourth-order valence-electron chi connectivity index (χ4n) is 8.90. The average molecular weight is 717 g/mol. The summed E-state index contributed by atoms with van der Waals surface area (Å²) in [6.45, 7) is 24.9. The van der Waals surface area contributed by atoms with Crippen LogP contribution >= 0.6 is 0 Å². The largest absolute Gasteiger partial charge is 0.0654 e. The van der Waals surface area contributed by atoms with Crippen LogP contribution in [0.15, 0.2) is 0 Å². The second-order valence-electron chi connectivity index (χ2n) is 20.9. The van der Waals surface area contributed by atoms with E-state index >= 15 is 0 Å². The summed E-state index contributed by atoms with van der Waals surface area (Å²) in [5, 5.41) is 0. The van der Waals surface area contributed by atoms with E-state index in [9.17, 15) is 0 Å². The van der Waals surface area contributed by atoms with Crippen LogP contribution in [-0.4, -0.2) is 0 Å². The van der Waals surface area contributed by atoms with Gasteiger partial charge in [-0.15, -0.1) is 0 Å². The van der Waals surface area contributed by atoms with Crippen molar-refractivity contribution in [2.75, 3.05) is 0 Å². The predicted molar refractivity (Wildman–Crippen MR) is 237 cm³/mol. The SMILES string of the molecule is CCCCCCCCCCCCCCCC(C)CCC(C)(CCC(C)(C)CCCC(C)(C)C)CC(C)CCCCCCCCCCCCCCC. The van der Waals surface area contributed by atoms with Crippen molar-refractivity contribution in [3.05, 3.63) is 0 Å². The Labute approximate surface area is 327 Å². The van der Waals surface area contributed by atoms with Crippen molar-refractivity contribution in [2.45, 2.75) is 300 Å². The lowest BCUT2D eigenvalue weighted by molar-refractivity contribution is 0.147. The quantitative estimate of drug-likeness (QED) is 0.0556. The molecule has 0 saturated carbocycles. The van der Waals surface area contributed by atoms with E-state index in [1.54, 1.807) is 0 Å². The van der Waals surface area contributed by atoms with E-state index in [-0.39, 0.29) is 0 Å². The van der Waals surface area contributed by atoms with Gasteiger partial charge in [0.1, 0.15) is 0 Å². The molecule has 0 saturated heterocycles. The molecule has 0 aromatic carbocycles. The van der Waals surface area contributed by atoms with E-state index in [0.29, 0.717) is 16.2 Å². The van der Waals surface area contributed by atoms with Crippen LogP contribution in [0, 0.1) is 28.1 Å². The van der Waals surface area contributed by atoms with Gasteiger partial charge in [0.25, 0.3) is 0 Å². The standard InChI is InChI=1S/C51H104/c1-11-13-15-17-19-21-23-25-27-29-31-33-35-38-47(3)40-43-51(10,45-44-50(8,9)42-37-41-49(5,6)7)46-48(4)39-36-34-32-30-28-26-24-22-20-18-16-14-12-2/h47-48H,11-46H2,1-10H3. The molecule has 0 aromatic rings. The smallest absolute Gasteiger partial charge is 0.0323 e. The van der Waals surface area contributed by atoms with Crippen molar-refractivity contribution in [1.29, 1.82) is 0 Å². The van der Waals surface area contributed by atoms with Crippen molar-refractivity contribution in [3.63, 3.8) is 0 Å². The van der Waals surface area contributed by atoms with E-state index in [1.165, 1.54) is 231 Å². The summed E-state index contributed by atoms with van der Waals surface area (Å²) in [5.74, 6) is 1.77. The van der Waals surface area contributed by atoms with E-state index in [1.807, 2.05) is 0 Å². The Morgan fingerprint density at radius 1 is 0.314 bits per heavy atom. The Kier molecular flexibility index (Phi) is 33.3. The second kappa shape index (κ2) is 33.3. The van der Waals surface area contributed by atoms with Crippen LogP contribution in [0.4, 0.5) is 0 Å². The van der Waals surface area contributed by atoms with Crippen LogP contribution < -0.4 is 0 Å². The van der Waals surface area contributed by atoms with E-state index < -0.39 is 0 Å². The number of unbranched alkanes of at least 4 members (excludes halogenated alkanes) is 24. The van der Waals surface area contributed by atoms with Crippen molar-refractivity contribution in [2.24, 2.45) is 28.1 Å². The Morgan fingerprint density at radius 3 is 1.04 bits per heavy atom. The first-order valence-electron chi connectivity index (χ1n) is 24.3. The van der Waals surface area contributed by atoms with E-state index in [0.717, 1.165) is 11.8 Å². The van der Waals surface area contributed by atoms with Crippen LogP contribution in [-0.2, 0) is 0 Å². The van der Waals surface area contributed by atoms with Crippen molar-refractivity contribution >= 4 is 0 Å². The predicted octanol–water partition coefficient (Wildman–Crippen LogP) is 19.4. The maximum Gasteiger partial charge on any atom is -0.0323 e. The van der Waals surface area contributed by atoms with Crippen LogP contribution in [0.25, 0.3) is 0 Å². The maximum atomic E-state index is 2.70. The molecule has 0 aliphatic heterocycles. The molecule has 0 amide bonds. The minimum Gasteiger partial charge on any atom is -0.0654 e. The average Bonchev–Trinajstić information content (AvgIpc) is 3.06. The fraction of sp³-hybridized carbons (Fsp3) is 1.00. The molecule has 51 heavy (non-hydrogen) atoms. The molecule has 308 valence electrons. The number of rotatable bonds is 39. The molecule has 3 atom stereocenters. The Balaban J connectivity index is 4.50. The van der Waals surface area contributed by atoms with Crippen LogP contribution in [0.3, 0.4) is 0 Å². The zero-order valence-electron chi connectivity index (χ0n) is 38.1. The van der Waals surface area contributed by atoms with Crippen LogP contribution in [0.1, 0.15) is 300 Å². The van der Waals surface area contributed by atoms with E-state index in [4.69, 9.17) is 0 Å². The van der Waals surface area contributed by atoms with Crippen LogP contribution in [0.5, 0.6) is 0 Å². The summed E-state index contributed by atoms with van der Waals surface area (Å²) >= 11 is 0. The lowest BCUT2D eigenvalue weighted by Crippen LogP contribution is -2.24. The highest BCUT2D eigenvalue weighted by molar-refractivity contribution is 4.82. The van der Waals surface area contributed by atoms with Gasteiger partial charge in [0, 0.05) is 0 Å². The van der Waals surface area contributed by atoms with Crippen LogP contribution in [0.2, 0.25) is 0 Å². The Morgan fingerprint density at radius 2 is 0.667 bits per heavy atom. The molecule has 0 nitrogen and oxygen atoms in total. The molecule has 0 aliphatic rings. The second-order valence-corrected chi connectivity index (χ2v) is 20.9. The molecule has 0 heteroatoms. The highest BCUT2D eigenvalue weighted by Gasteiger charge is 2.30. The van der Waals surface area contributed by atoms with Gasteiger partial charge in [-0.05, 0) is 66.6 Å². The van der Waals surface area contributed by atoms with Crippen molar-refractivity contribution < 1.29 is 0 Å². The minimum atomic E-state index is 0.469. The summed E-state index contributed by atoms with van der Waals surface area (Å²) in [7, 11) is 0. The highest BCUT2D eigenvalue weighted by Crippen LogP contribution is 2.43. The van der Waals surface area contributed by atoms with Gasteiger partial charge < -0.3 is 0 Å². The summed E-state index contributed by atoms with van der Waals surface area (Å²) in [5.41, 5.74) is 1.46. The van der Waals surface area contributed by atoms with Crippen molar-refractivity contribution in [3.8, 4) is 0 Å². The molecule has 3 unspecified atom stereocenters. The Hall–Kier alpha value is 0. The highest BCUT2D eigenvalue weighted by atomic mass is 14.4. The zero-order valence-corrected chi connectivity index (χ0v) is 38.1. The first-order valence-corrected chi connectivity index (χ1v) is 24.3. The monoisotopic (exact) mass is 717 g/mol. The molecule has 0 radical (unpaired) electrons. The molecule has 0 N–H and O–H groups in total. The maximum absolute atomic E-state index is 2.70. The number of hydrogen-bond acceptors (Lipinski definition) is 0. The van der Waals surface area contributed by atoms with Gasteiger partial charge in [-0.1, -0.05) is 262 Å². The normalized spacial score (nSPS) is 14.9. The van der Waals surface area contributed by atoms with Gasteiger partial charge in [0.15, 0.2) is 0 Å².